The molecule has 1 aromatic rings. The van der Waals surface area contributed by atoms with Gasteiger partial charge in [-0.25, -0.2) is 0 Å². The molecule has 1 atom stereocenters. The minimum Gasteiger partial charge on any atom is -0.378 e. The summed E-state index contributed by atoms with van der Waals surface area (Å²) in [6.45, 7) is 5.12. The normalized spacial score (nSPS) is 18.2. The first-order valence-electron chi connectivity index (χ1n) is 6.89. The Bertz CT molecular complexity index is 410. The van der Waals surface area contributed by atoms with E-state index in [0.29, 0.717) is 13.0 Å². The topological polar surface area (TPSA) is 29.5 Å². The van der Waals surface area contributed by atoms with E-state index in [0.717, 1.165) is 31.6 Å². The molecule has 1 aliphatic heterocycles. The Hall–Kier alpha value is -1.61. The predicted molar refractivity (Wildman–Crippen MR) is 77.2 cm³/mol. The molecule has 3 heteroatoms. The van der Waals surface area contributed by atoms with Crippen LogP contribution in [-0.2, 0) is 9.53 Å². The van der Waals surface area contributed by atoms with Crippen molar-refractivity contribution in [1.29, 1.82) is 0 Å². The molecule has 0 N–H and O–H groups in total. The highest BCUT2D eigenvalue weighted by Gasteiger charge is 2.19. The molecule has 1 heterocycles. The van der Waals surface area contributed by atoms with Crippen LogP contribution in [0.2, 0.25) is 0 Å². The van der Waals surface area contributed by atoms with Gasteiger partial charge in [0.05, 0.1) is 6.10 Å². The van der Waals surface area contributed by atoms with Crippen LogP contribution in [0.15, 0.2) is 43.0 Å². The number of amides is 1. The molecule has 1 aliphatic rings. The monoisotopic (exact) mass is 259 g/mol. The fourth-order valence-electron chi connectivity index (χ4n) is 2.38. The van der Waals surface area contributed by atoms with E-state index in [4.69, 9.17) is 4.74 Å². The first kappa shape index (κ1) is 13.8. The Morgan fingerprint density at radius 3 is 2.84 bits per heavy atom. The number of hydrogen-bond acceptors (Lipinski definition) is 2. The summed E-state index contributed by atoms with van der Waals surface area (Å²) in [5.41, 5.74) is 0.930. The predicted octanol–water partition coefficient (Wildman–Crippen LogP) is 3.16. The van der Waals surface area contributed by atoms with Gasteiger partial charge in [-0.15, -0.1) is 6.58 Å². The molecule has 1 amide bonds. The number of para-hydroxylation sites is 1. The highest BCUT2D eigenvalue weighted by Crippen LogP contribution is 2.19. The Balaban J connectivity index is 1.94. The molecular formula is C16H21NO2. The summed E-state index contributed by atoms with van der Waals surface area (Å²) in [6, 6.07) is 9.74. The van der Waals surface area contributed by atoms with Gasteiger partial charge in [0.15, 0.2) is 0 Å². The van der Waals surface area contributed by atoms with Crippen LogP contribution in [0.25, 0.3) is 0 Å². The van der Waals surface area contributed by atoms with Crippen molar-refractivity contribution < 1.29 is 9.53 Å². The second kappa shape index (κ2) is 7.10. The van der Waals surface area contributed by atoms with Crippen LogP contribution >= 0.6 is 0 Å². The first-order valence-corrected chi connectivity index (χ1v) is 6.89. The van der Waals surface area contributed by atoms with Crippen molar-refractivity contribution in [3.63, 3.8) is 0 Å². The third kappa shape index (κ3) is 3.93. The van der Waals surface area contributed by atoms with E-state index in [1.807, 2.05) is 30.3 Å². The zero-order valence-corrected chi connectivity index (χ0v) is 11.3. The van der Waals surface area contributed by atoms with Crippen molar-refractivity contribution in [2.24, 2.45) is 0 Å². The molecular weight excluding hydrogens is 238 g/mol. The Kier molecular flexibility index (Phi) is 5.16. The maximum Gasteiger partial charge on any atom is 0.227 e. The Morgan fingerprint density at radius 2 is 2.21 bits per heavy atom. The highest BCUT2D eigenvalue weighted by atomic mass is 16.5. The average Bonchev–Trinajstić information content (AvgIpc) is 2.96. The number of carbonyl (C=O) groups is 1. The third-order valence-electron chi connectivity index (χ3n) is 3.38. The van der Waals surface area contributed by atoms with Crippen LogP contribution in [0.4, 0.5) is 5.69 Å². The summed E-state index contributed by atoms with van der Waals surface area (Å²) in [7, 11) is 0. The second-order valence-electron chi connectivity index (χ2n) is 4.80. The van der Waals surface area contributed by atoms with Gasteiger partial charge >= 0.3 is 0 Å². The average molecular weight is 259 g/mol. The summed E-state index contributed by atoms with van der Waals surface area (Å²) in [5.74, 6) is 0.140. The molecule has 1 unspecified atom stereocenters. The van der Waals surface area contributed by atoms with E-state index >= 15 is 0 Å². The number of carbonyl (C=O) groups excluding carboxylic acids is 1. The van der Waals surface area contributed by atoms with Crippen LogP contribution in [0.1, 0.15) is 25.7 Å². The zero-order chi connectivity index (χ0) is 13.5. The van der Waals surface area contributed by atoms with Gasteiger partial charge in [0.1, 0.15) is 0 Å². The van der Waals surface area contributed by atoms with Gasteiger partial charge in [-0.05, 0) is 31.4 Å². The molecule has 0 bridgehead atoms. The van der Waals surface area contributed by atoms with E-state index in [1.54, 1.807) is 11.0 Å². The lowest BCUT2D eigenvalue weighted by Gasteiger charge is -2.22. The van der Waals surface area contributed by atoms with E-state index in [-0.39, 0.29) is 12.0 Å². The fraction of sp³-hybridized carbons (Fsp3) is 0.438. The molecule has 1 fully saturated rings. The van der Waals surface area contributed by atoms with Crippen LogP contribution in [0, 0.1) is 0 Å². The summed E-state index contributed by atoms with van der Waals surface area (Å²) in [4.78, 5) is 14.1. The van der Waals surface area contributed by atoms with Gasteiger partial charge in [0.25, 0.3) is 0 Å². The lowest BCUT2D eigenvalue weighted by Crippen LogP contribution is -2.31. The SMILES string of the molecule is C=CCN(C(=O)CCC1CCCO1)c1ccccc1. The molecule has 3 nitrogen and oxygen atoms in total. The molecule has 19 heavy (non-hydrogen) atoms. The van der Waals surface area contributed by atoms with E-state index in [1.165, 1.54) is 0 Å². The minimum atomic E-state index is 0.140. The molecule has 0 saturated carbocycles. The van der Waals surface area contributed by atoms with E-state index in [9.17, 15) is 4.79 Å². The second-order valence-corrected chi connectivity index (χ2v) is 4.80. The lowest BCUT2D eigenvalue weighted by atomic mass is 10.1. The summed E-state index contributed by atoms with van der Waals surface area (Å²) < 4.78 is 5.56. The highest BCUT2D eigenvalue weighted by molar-refractivity contribution is 5.93. The molecule has 1 aromatic carbocycles. The van der Waals surface area contributed by atoms with Crippen molar-refractivity contribution in [3.8, 4) is 0 Å². The third-order valence-corrected chi connectivity index (χ3v) is 3.38. The largest absolute Gasteiger partial charge is 0.378 e. The number of anilines is 1. The standard InChI is InChI=1S/C16H21NO2/c1-2-12-17(14-7-4-3-5-8-14)16(18)11-10-15-9-6-13-19-15/h2-5,7-8,15H,1,6,9-13H2. The maximum atomic E-state index is 12.3. The van der Waals surface area contributed by atoms with Gasteiger partial charge in [-0.2, -0.15) is 0 Å². The van der Waals surface area contributed by atoms with Gasteiger partial charge < -0.3 is 9.64 Å². The van der Waals surface area contributed by atoms with Crippen LogP contribution in [0.3, 0.4) is 0 Å². The summed E-state index contributed by atoms with van der Waals surface area (Å²) in [5, 5.41) is 0. The minimum absolute atomic E-state index is 0.140. The number of ether oxygens (including phenoxy) is 1. The van der Waals surface area contributed by atoms with Crippen molar-refractivity contribution in [2.45, 2.75) is 31.8 Å². The fourth-order valence-corrected chi connectivity index (χ4v) is 2.38. The van der Waals surface area contributed by atoms with E-state index < -0.39 is 0 Å². The van der Waals surface area contributed by atoms with Crippen LogP contribution < -0.4 is 4.90 Å². The van der Waals surface area contributed by atoms with Gasteiger partial charge in [0, 0.05) is 25.3 Å². The lowest BCUT2D eigenvalue weighted by molar-refractivity contribution is -0.119. The maximum absolute atomic E-state index is 12.3. The smallest absolute Gasteiger partial charge is 0.227 e. The van der Waals surface area contributed by atoms with Crippen molar-refractivity contribution >= 4 is 11.6 Å². The number of rotatable bonds is 6. The molecule has 0 aromatic heterocycles. The summed E-state index contributed by atoms with van der Waals surface area (Å²) in [6.07, 6.45) is 5.59. The Morgan fingerprint density at radius 1 is 1.42 bits per heavy atom. The summed E-state index contributed by atoms with van der Waals surface area (Å²) >= 11 is 0. The molecule has 0 spiro atoms. The number of hydrogen-bond donors (Lipinski definition) is 0. The quantitative estimate of drug-likeness (QED) is 0.734. The van der Waals surface area contributed by atoms with Gasteiger partial charge in [-0.1, -0.05) is 24.3 Å². The molecule has 0 aliphatic carbocycles. The van der Waals surface area contributed by atoms with E-state index in [2.05, 4.69) is 6.58 Å². The zero-order valence-electron chi connectivity index (χ0n) is 11.3. The van der Waals surface area contributed by atoms with Crippen molar-refractivity contribution in [3.05, 3.63) is 43.0 Å². The van der Waals surface area contributed by atoms with Crippen molar-refractivity contribution in [2.75, 3.05) is 18.1 Å². The molecule has 0 radical (unpaired) electrons. The van der Waals surface area contributed by atoms with Crippen LogP contribution in [-0.4, -0.2) is 25.2 Å². The first-order chi connectivity index (χ1) is 9.31. The number of benzene rings is 1. The molecule has 102 valence electrons. The molecule has 2 rings (SSSR count). The van der Waals surface area contributed by atoms with Crippen LogP contribution in [0.5, 0.6) is 0 Å². The Labute approximate surface area is 114 Å². The van der Waals surface area contributed by atoms with Gasteiger partial charge in [0.2, 0.25) is 5.91 Å². The van der Waals surface area contributed by atoms with Crippen molar-refractivity contribution in [1.82, 2.24) is 0 Å². The van der Waals surface area contributed by atoms with Gasteiger partial charge in [-0.3, -0.25) is 4.79 Å². The number of nitrogens with zero attached hydrogens (tertiary/aromatic N) is 1. The molecule has 1 saturated heterocycles.